The Hall–Kier alpha value is -1.50. The Morgan fingerprint density at radius 3 is 3.04 bits per heavy atom. The number of fused-ring (bicyclic) bond motifs is 1. The van der Waals surface area contributed by atoms with E-state index in [0.717, 1.165) is 0 Å². The fourth-order valence-electron chi connectivity index (χ4n) is 2.39. The molecule has 5 nitrogen and oxygen atoms in total. The van der Waals surface area contributed by atoms with Crippen molar-refractivity contribution in [2.45, 2.75) is 24.5 Å². The molecule has 8 heteroatoms. The second-order valence-corrected chi connectivity index (χ2v) is 6.99. The molecule has 3 rings (SSSR count). The lowest BCUT2D eigenvalue weighted by Crippen LogP contribution is -2.28. The van der Waals surface area contributed by atoms with E-state index in [-0.39, 0.29) is 23.9 Å². The molecule has 0 bridgehead atoms. The van der Waals surface area contributed by atoms with Gasteiger partial charge >= 0.3 is 0 Å². The number of thioether (sulfide) groups is 1. The average molecular weight is 370 g/mol. The molecule has 2 aromatic rings. The highest BCUT2D eigenvalue weighted by Gasteiger charge is 2.27. The highest BCUT2D eigenvalue weighted by atomic mass is 35.5. The standard InChI is InChI=1S/C15H13Cl2N3O2S/c1-8-6-18-15-20(14(8)22)9(7-23-15)5-12(21)19-11-4-2-3-10(16)13(11)17/h2-4,6,9H,5,7H2,1H3,(H,19,21). The number of nitrogens with one attached hydrogen (secondary N) is 1. The van der Waals surface area contributed by atoms with Crippen molar-refractivity contribution < 1.29 is 4.79 Å². The fourth-order valence-corrected chi connectivity index (χ4v) is 3.84. The third-order valence-electron chi connectivity index (χ3n) is 3.55. The van der Waals surface area contributed by atoms with Gasteiger partial charge in [0, 0.05) is 23.9 Å². The van der Waals surface area contributed by atoms with Gasteiger partial charge in [-0.15, -0.1) is 0 Å². The van der Waals surface area contributed by atoms with Crippen LogP contribution in [-0.2, 0) is 4.79 Å². The van der Waals surface area contributed by atoms with Crippen LogP contribution in [0.25, 0.3) is 0 Å². The van der Waals surface area contributed by atoms with Crippen molar-refractivity contribution in [3.63, 3.8) is 0 Å². The summed E-state index contributed by atoms with van der Waals surface area (Å²) in [5.41, 5.74) is 0.933. The van der Waals surface area contributed by atoms with Crippen molar-refractivity contribution in [2.75, 3.05) is 11.1 Å². The largest absolute Gasteiger partial charge is 0.325 e. The number of carbonyl (C=O) groups excluding carboxylic acids is 1. The summed E-state index contributed by atoms with van der Waals surface area (Å²) in [5, 5.41) is 4.08. The Balaban J connectivity index is 1.77. The van der Waals surface area contributed by atoms with E-state index in [1.807, 2.05) is 0 Å². The van der Waals surface area contributed by atoms with E-state index in [0.29, 0.717) is 32.2 Å². The van der Waals surface area contributed by atoms with E-state index in [2.05, 4.69) is 10.3 Å². The SMILES string of the molecule is Cc1cnc2n(c1=O)C(CC(=O)Nc1cccc(Cl)c1Cl)CS2. The first-order valence-electron chi connectivity index (χ1n) is 6.92. The van der Waals surface area contributed by atoms with Gasteiger partial charge in [0.05, 0.1) is 21.8 Å². The summed E-state index contributed by atoms with van der Waals surface area (Å²) in [6, 6.07) is 4.83. The van der Waals surface area contributed by atoms with Crippen molar-refractivity contribution >= 4 is 46.6 Å². The Morgan fingerprint density at radius 1 is 1.48 bits per heavy atom. The molecular formula is C15H13Cl2N3O2S. The van der Waals surface area contributed by atoms with Crippen LogP contribution in [0.4, 0.5) is 5.69 Å². The third kappa shape index (κ3) is 3.24. The summed E-state index contributed by atoms with van der Waals surface area (Å²) < 4.78 is 1.60. The predicted octanol–water partition coefficient (Wildman–Crippen LogP) is 3.53. The Kier molecular flexibility index (Phi) is 4.66. The van der Waals surface area contributed by atoms with Crippen LogP contribution in [0, 0.1) is 6.92 Å². The first kappa shape index (κ1) is 16.4. The van der Waals surface area contributed by atoms with Gasteiger partial charge < -0.3 is 5.32 Å². The van der Waals surface area contributed by atoms with Gasteiger partial charge in [0.2, 0.25) is 5.91 Å². The van der Waals surface area contributed by atoms with Crippen LogP contribution in [0.15, 0.2) is 34.3 Å². The second-order valence-electron chi connectivity index (χ2n) is 5.22. The molecule has 1 amide bonds. The normalized spacial score (nSPS) is 16.2. The molecule has 0 radical (unpaired) electrons. The van der Waals surface area contributed by atoms with E-state index in [1.54, 1.807) is 35.9 Å². The minimum Gasteiger partial charge on any atom is -0.325 e. The first-order chi connectivity index (χ1) is 11.0. The minimum absolute atomic E-state index is 0.0985. The zero-order valence-corrected chi connectivity index (χ0v) is 14.5. The number of hydrogen-bond acceptors (Lipinski definition) is 4. The molecule has 1 aromatic heterocycles. The van der Waals surface area contributed by atoms with Crippen LogP contribution in [0.2, 0.25) is 10.0 Å². The van der Waals surface area contributed by atoms with Gasteiger partial charge in [0.25, 0.3) is 5.56 Å². The number of carbonyl (C=O) groups is 1. The van der Waals surface area contributed by atoms with Crippen molar-refractivity contribution in [3.8, 4) is 0 Å². The molecule has 1 N–H and O–H groups in total. The molecule has 1 aliphatic heterocycles. The van der Waals surface area contributed by atoms with E-state index in [4.69, 9.17) is 23.2 Å². The highest BCUT2D eigenvalue weighted by Crippen LogP contribution is 2.33. The maximum Gasteiger partial charge on any atom is 0.257 e. The smallest absolute Gasteiger partial charge is 0.257 e. The monoisotopic (exact) mass is 369 g/mol. The van der Waals surface area contributed by atoms with Crippen LogP contribution in [-0.4, -0.2) is 21.2 Å². The lowest BCUT2D eigenvalue weighted by molar-refractivity contribution is -0.116. The van der Waals surface area contributed by atoms with Crippen molar-refractivity contribution in [2.24, 2.45) is 0 Å². The molecular weight excluding hydrogens is 357 g/mol. The maximum atomic E-state index is 12.3. The van der Waals surface area contributed by atoms with Gasteiger partial charge in [0.15, 0.2) is 5.16 Å². The number of amides is 1. The Labute approximate surface area is 147 Å². The quantitative estimate of drug-likeness (QED) is 0.840. The molecule has 1 atom stereocenters. The number of aromatic nitrogens is 2. The number of benzene rings is 1. The third-order valence-corrected chi connectivity index (χ3v) is 5.48. The van der Waals surface area contributed by atoms with Gasteiger partial charge in [-0.1, -0.05) is 41.0 Å². The Bertz CT molecular complexity index is 838. The van der Waals surface area contributed by atoms with E-state index in [9.17, 15) is 9.59 Å². The summed E-state index contributed by atoms with van der Waals surface area (Å²) in [5.74, 6) is 0.420. The van der Waals surface area contributed by atoms with Gasteiger partial charge in [-0.25, -0.2) is 4.98 Å². The zero-order chi connectivity index (χ0) is 16.6. The van der Waals surface area contributed by atoms with E-state index >= 15 is 0 Å². The summed E-state index contributed by atoms with van der Waals surface area (Å²) in [6.45, 7) is 1.72. The number of rotatable bonds is 3. The van der Waals surface area contributed by atoms with Crippen molar-refractivity contribution in [1.29, 1.82) is 0 Å². The number of halogens is 2. The molecule has 1 aromatic carbocycles. The second kappa shape index (κ2) is 6.55. The Morgan fingerprint density at radius 2 is 2.26 bits per heavy atom. The summed E-state index contributed by atoms with van der Waals surface area (Å²) >= 11 is 13.5. The molecule has 120 valence electrons. The van der Waals surface area contributed by atoms with Crippen LogP contribution >= 0.6 is 35.0 Å². The van der Waals surface area contributed by atoms with Gasteiger partial charge in [-0.3, -0.25) is 14.2 Å². The average Bonchev–Trinajstić information content (AvgIpc) is 2.91. The molecule has 0 saturated heterocycles. The predicted molar refractivity (Wildman–Crippen MR) is 92.7 cm³/mol. The van der Waals surface area contributed by atoms with E-state index < -0.39 is 0 Å². The summed E-state index contributed by atoms with van der Waals surface area (Å²) in [4.78, 5) is 28.8. The van der Waals surface area contributed by atoms with Crippen molar-refractivity contribution in [1.82, 2.24) is 9.55 Å². The molecule has 0 fully saturated rings. The molecule has 1 unspecified atom stereocenters. The summed E-state index contributed by atoms with van der Waals surface area (Å²) in [6.07, 6.45) is 1.74. The number of hydrogen-bond donors (Lipinski definition) is 1. The highest BCUT2D eigenvalue weighted by molar-refractivity contribution is 7.99. The van der Waals surface area contributed by atoms with Crippen LogP contribution < -0.4 is 10.9 Å². The van der Waals surface area contributed by atoms with Gasteiger partial charge in [-0.2, -0.15) is 0 Å². The number of nitrogens with zero attached hydrogens (tertiary/aromatic N) is 2. The van der Waals surface area contributed by atoms with E-state index in [1.165, 1.54) is 11.8 Å². The van der Waals surface area contributed by atoms with Crippen LogP contribution in [0.3, 0.4) is 0 Å². The van der Waals surface area contributed by atoms with Crippen LogP contribution in [0.1, 0.15) is 18.0 Å². The molecule has 2 heterocycles. The van der Waals surface area contributed by atoms with Gasteiger partial charge in [0.1, 0.15) is 0 Å². The fraction of sp³-hybridized carbons (Fsp3) is 0.267. The van der Waals surface area contributed by atoms with Gasteiger partial charge in [-0.05, 0) is 19.1 Å². The number of aryl methyl sites for hydroxylation is 1. The molecule has 0 saturated carbocycles. The maximum absolute atomic E-state index is 12.3. The topological polar surface area (TPSA) is 64.0 Å². The molecule has 0 spiro atoms. The lowest BCUT2D eigenvalue weighted by Gasteiger charge is -2.14. The minimum atomic E-state index is -0.221. The van der Waals surface area contributed by atoms with Crippen molar-refractivity contribution in [3.05, 3.63) is 50.4 Å². The zero-order valence-electron chi connectivity index (χ0n) is 12.2. The summed E-state index contributed by atoms with van der Waals surface area (Å²) in [7, 11) is 0. The first-order valence-corrected chi connectivity index (χ1v) is 8.66. The molecule has 1 aliphatic rings. The van der Waals surface area contributed by atoms with Crippen LogP contribution in [0.5, 0.6) is 0 Å². The number of anilines is 1. The molecule has 0 aliphatic carbocycles. The molecule has 23 heavy (non-hydrogen) atoms. The lowest BCUT2D eigenvalue weighted by atomic mass is 10.2.